The van der Waals surface area contributed by atoms with Crippen LogP contribution in [0.3, 0.4) is 0 Å². The van der Waals surface area contributed by atoms with E-state index in [9.17, 15) is 14.0 Å². The topological polar surface area (TPSA) is 61.8 Å². The first-order valence-corrected chi connectivity index (χ1v) is 15.9. The predicted octanol–water partition coefficient (Wildman–Crippen LogP) is 9.23. The maximum atomic E-state index is 14.5. The summed E-state index contributed by atoms with van der Waals surface area (Å²) in [5.74, 6) is -1.06. The lowest BCUT2D eigenvalue weighted by molar-refractivity contribution is -0.147. The summed E-state index contributed by atoms with van der Waals surface area (Å²) in [6, 6.07) is 6.16. The quantitative estimate of drug-likeness (QED) is 0.0929. The first kappa shape index (κ1) is 32.3. The molecule has 0 N–H and O–H groups in total. The zero-order chi connectivity index (χ0) is 28.8. The number of alkyl halides is 1. The van der Waals surface area contributed by atoms with Crippen LogP contribution in [0.15, 0.2) is 35.4 Å². The second kappa shape index (κ2) is 16.9. The maximum Gasteiger partial charge on any atom is 0.348 e. The molecule has 224 valence electrons. The Labute approximate surface area is 241 Å². The van der Waals surface area contributed by atoms with E-state index in [2.05, 4.69) is 6.92 Å². The van der Waals surface area contributed by atoms with E-state index in [0.29, 0.717) is 18.1 Å². The molecule has 2 aliphatic carbocycles. The van der Waals surface area contributed by atoms with Crippen LogP contribution in [0, 0.1) is 0 Å². The van der Waals surface area contributed by atoms with Crippen molar-refractivity contribution in [3.05, 3.63) is 41.0 Å². The first-order valence-electron chi connectivity index (χ1n) is 15.9. The largest absolute Gasteiger partial charge is 0.459 e. The van der Waals surface area contributed by atoms with Crippen molar-refractivity contribution in [2.45, 2.75) is 148 Å². The van der Waals surface area contributed by atoms with Crippen molar-refractivity contribution >= 4 is 11.9 Å². The SMILES string of the molecule is CCCCCCCCOC1CCC(=C2CCC(OC(=O)c3ccc(OC(=O)[C@@](C)(F)CCCC)cc3)CC2)CC1. The van der Waals surface area contributed by atoms with Crippen molar-refractivity contribution in [1.29, 1.82) is 0 Å². The van der Waals surface area contributed by atoms with E-state index < -0.39 is 11.6 Å². The van der Waals surface area contributed by atoms with Crippen LogP contribution in [0.5, 0.6) is 5.75 Å². The molecular formula is C34H51FO5. The molecule has 0 spiro atoms. The standard InChI is InChI=1S/C34H51FO5/c1-4-6-8-9-10-11-25-38-29-18-12-26(13-19-29)27-14-20-30(21-15-27)39-32(36)28-16-22-31(23-17-28)40-33(37)34(3,35)24-7-5-2/h16-17,22-23,29-30H,4-15,18-21,24-25H2,1-3H3/t29?,30?,34-/m0/s1. The molecule has 2 fully saturated rings. The van der Waals surface area contributed by atoms with Gasteiger partial charge in [0.1, 0.15) is 11.9 Å². The van der Waals surface area contributed by atoms with Crippen LogP contribution in [0.1, 0.15) is 140 Å². The maximum absolute atomic E-state index is 14.5. The monoisotopic (exact) mass is 558 g/mol. The normalized spacial score (nSPS) is 21.1. The number of unbranched alkanes of at least 4 members (excludes halogenated alkanes) is 6. The van der Waals surface area contributed by atoms with E-state index in [1.54, 1.807) is 23.3 Å². The van der Waals surface area contributed by atoms with Crippen LogP contribution in [-0.2, 0) is 14.3 Å². The van der Waals surface area contributed by atoms with Crippen LogP contribution in [0.25, 0.3) is 0 Å². The van der Waals surface area contributed by atoms with Gasteiger partial charge in [0, 0.05) is 6.61 Å². The molecule has 2 saturated carbocycles. The summed E-state index contributed by atoms with van der Waals surface area (Å²) in [7, 11) is 0. The molecule has 0 bridgehead atoms. The Morgan fingerprint density at radius 1 is 0.800 bits per heavy atom. The minimum atomic E-state index is -2.02. The number of hydrogen-bond acceptors (Lipinski definition) is 5. The highest BCUT2D eigenvalue weighted by Crippen LogP contribution is 2.35. The molecule has 0 unspecified atom stereocenters. The van der Waals surface area contributed by atoms with E-state index in [-0.39, 0.29) is 24.2 Å². The van der Waals surface area contributed by atoms with Crippen molar-refractivity contribution in [2.24, 2.45) is 0 Å². The summed E-state index contributed by atoms with van der Waals surface area (Å²) in [4.78, 5) is 24.9. The van der Waals surface area contributed by atoms with E-state index in [4.69, 9.17) is 14.2 Å². The summed E-state index contributed by atoms with van der Waals surface area (Å²) in [6.45, 7) is 6.35. The van der Waals surface area contributed by atoms with Crippen molar-refractivity contribution < 1.29 is 28.2 Å². The lowest BCUT2D eigenvalue weighted by atomic mass is 9.82. The molecule has 2 aliphatic rings. The van der Waals surface area contributed by atoms with Crippen molar-refractivity contribution in [2.75, 3.05) is 6.61 Å². The highest BCUT2D eigenvalue weighted by Gasteiger charge is 2.34. The predicted molar refractivity (Wildman–Crippen MR) is 157 cm³/mol. The summed E-state index contributed by atoms with van der Waals surface area (Å²) in [6.07, 6.45) is 17.9. The van der Waals surface area contributed by atoms with Gasteiger partial charge in [0.2, 0.25) is 5.67 Å². The second-order valence-corrected chi connectivity index (χ2v) is 11.9. The van der Waals surface area contributed by atoms with Gasteiger partial charge in [-0.15, -0.1) is 0 Å². The summed E-state index contributed by atoms with van der Waals surface area (Å²) >= 11 is 0. The first-order chi connectivity index (χ1) is 19.3. The van der Waals surface area contributed by atoms with Crippen molar-refractivity contribution in [1.82, 2.24) is 0 Å². The fraction of sp³-hybridized carbons (Fsp3) is 0.706. The summed E-state index contributed by atoms with van der Waals surface area (Å²) in [5.41, 5.74) is 1.54. The molecule has 0 amide bonds. The van der Waals surface area contributed by atoms with E-state index in [1.807, 2.05) is 6.92 Å². The lowest BCUT2D eigenvalue weighted by Gasteiger charge is -2.30. The Morgan fingerprint density at radius 3 is 1.95 bits per heavy atom. The molecule has 1 aromatic carbocycles. The number of benzene rings is 1. The zero-order valence-corrected chi connectivity index (χ0v) is 25.1. The van der Waals surface area contributed by atoms with Crippen LogP contribution in [0.2, 0.25) is 0 Å². The van der Waals surface area contributed by atoms with Gasteiger partial charge in [-0.3, -0.25) is 0 Å². The Bertz CT molecular complexity index is 932. The third kappa shape index (κ3) is 10.6. The summed E-state index contributed by atoms with van der Waals surface area (Å²) in [5, 5.41) is 0. The summed E-state index contributed by atoms with van der Waals surface area (Å²) < 4.78 is 31.7. The zero-order valence-electron chi connectivity index (χ0n) is 25.1. The number of rotatable bonds is 15. The van der Waals surface area contributed by atoms with Crippen LogP contribution in [0.4, 0.5) is 4.39 Å². The Balaban J connectivity index is 1.35. The highest BCUT2D eigenvalue weighted by atomic mass is 19.1. The van der Waals surface area contributed by atoms with Gasteiger partial charge < -0.3 is 14.2 Å². The van der Waals surface area contributed by atoms with Gasteiger partial charge in [-0.2, -0.15) is 0 Å². The number of esters is 2. The van der Waals surface area contributed by atoms with E-state index in [0.717, 1.165) is 64.4 Å². The molecule has 0 saturated heterocycles. The van der Waals surface area contributed by atoms with Gasteiger partial charge in [-0.1, -0.05) is 63.5 Å². The number of ether oxygens (including phenoxy) is 3. The van der Waals surface area contributed by atoms with Gasteiger partial charge in [-0.25, -0.2) is 14.0 Å². The molecule has 1 atom stereocenters. The molecule has 0 aliphatic heterocycles. The Morgan fingerprint density at radius 2 is 1.35 bits per heavy atom. The Hall–Kier alpha value is -2.21. The van der Waals surface area contributed by atoms with Gasteiger partial charge in [0.25, 0.3) is 0 Å². The average molecular weight is 559 g/mol. The van der Waals surface area contributed by atoms with Crippen molar-refractivity contribution in [3.63, 3.8) is 0 Å². The van der Waals surface area contributed by atoms with E-state index in [1.165, 1.54) is 57.6 Å². The molecule has 0 heterocycles. The van der Waals surface area contributed by atoms with E-state index >= 15 is 0 Å². The van der Waals surface area contributed by atoms with Crippen LogP contribution >= 0.6 is 0 Å². The molecule has 1 aromatic rings. The molecule has 5 nitrogen and oxygen atoms in total. The fourth-order valence-electron chi connectivity index (χ4n) is 5.71. The fourth-order valence-corrected chi connectivity index (χ4v) is 5.71. The molecule has 0 aromatic heterocycles. The third-order valence-corrected chi connectivity index (χ3v) is 8.42. The number of carbonyl (C=O) groups is 2. The smallest absolute Gasteiger partial charge is 0.348 e. The molecule has 6 heteroatoms. The average Bonchev–Trinajstić information content (AvgIpc) is 2.96. The second-order valence-electron chi connectivity index (χ2n) is 11.9. The van der Waals surface area contributed by atoms with Crippen LogP contribution in [-0.4, -0.2) is 36.4 Å². The van der Waals surface area contributed by atoms with Crippen LogP contribution < -0.4 is 4.74 Å². The van der Waals surface area contributed by atoms with Gasteiger partial charge >= 0.3 is 11.9 Å². The number of carbonyl (C=O) groups excluding carboxylic acids is 2. The van der Waals surface area contributed by atoms with Gasteiger partial charge in [-0.05, 0) is 102 Å². The highest BCUT2D eigenvalue weighted by molar-refractivity contribution is 5.90. The van der Waals surface area contributed by atoms with Gasteiger partial charge in [0.15, 0.2) is 0 Å². The number of halogens is 1. The van der Waals surface area contributed by atoms with Crippen molar-refractivity contribution in [3.8, 4) is 5.75 Å². The van der Waals surface area contributed by atoms with Gasteiger partial charge in [0.05, 0.1) is 11.7 Å². The molecule has 3 rings (SSSR count). The lowest BCUT2D eigenvalue weighted by Crippen LogP contribution is -2.34. The molecule has 40 heavy (non-hydrogen) atoms. The number of allylic oxidation sites excluding steroid dienone is 2. The minimum Gasteiger partial charge on any atom is -0.459 e. The third-order valence-electron chi connectivity index (χ3n) is 8.42. The molecular weight excluding hydrogens is 507 g/mol. The Kier molecular flexibility index (Phi) is 13.7. The molecule has 0 radical (unpaired) electrons. The minimum absolute atomic E-state index is 0.0860. The number of hydrogen-bond donors (Lipinski definition) is 0.